The largest absolute Gasteiger partial charge is 0.416 e. The molecule has 3 aliphatic rings. The van der Waals surface area contributed by atoms with Crippen molar-refractivity contribution in [3.05, 3.63) is 42.0 Å². The van der Waals surface area contributed by atoms with Crippen molar-refractivity contribution in [2.24, 2.45) is 11.8 Å². The van der Waals surface area contributed by atoms with E-state index in [4.69, 9.17) is 4.74 Å². The maximum atomic E-state index is 12.9. The summed E-state index contributed by atoms with van der Waals surface area (Å²) >= 11 is 0. The minimum Gasteiger partial charge on any atom is -0.373 e. The number of fused-ring (bicyclic) bond motifs is 5. The number of ether oxygens (including phenoxy) is 1. The highest BCUT2D eigenvalue weighted by Crippen LogP contribution is 2.58. The van der Waals surface area contributed by atoms with Crippen molar-refractivity contribution in [1.82, 2.24) is 0 Å². The summed E-state index contributed by atoms with van der Waals surface area (Å²) in [5.41, 5.74) is -2.45. The van der Waals surface area contributed by atoms with E-state index in [0.717, 1.165) is 17.0 Å². The van der Waals surface area contributed by atoms with Gasteiger partial charge in [-0.3, -0.25) is 9.69 Å². The smallest absolute Gasteiger partial charge is 0.373 e. The Kier molecular flexibility index (Phi) is 2.87. The topological polar surface area (TPSA) is 49.8 Å². The number of aliphatic hydroxyl groups excluding tert-OH is 1. The van der Waals surface area contributed by atoms with Crippen LogP contribution in [0.15, 0.2) is 36.4 Å². The number of benzene rings is 1. The number of hydrogen-bond acceptors (Lipinski definition) is 3. The molecular formula is C17H16F3NO3. The fourth-order valence-electron chi connectivity index (χ4n) is 4.33. The first-order chi connectivity index (χ1) is 11.1. The fraction of sp³-hybridized carbons (Fsp3) is 0.471. The van der Waals surface area contributed by atoms with Gasteiger partial charge >= 0.3 is 6.18 Å². The predicted octanol–water partition coefficient (Wildman–Crippen LogP) is 2.72. The Morgan fingerprint density at radius 1 is 1.21 bits per heavy atom. The average Bonchev–Trinajstić information content (AvgIpc) is 3.03. The molecular weight excluding hydrogens is 323 g/mol. The number of anilines is 1. The SMILES string of the molecule is CC12C=CC(C)(O1)[C@@H]1C(=O)N(c3cccc(C(F)(F)F)c3)C(O)C12. The zero-order valence-electron chi connectivity index (χ0n) is 13.0. The molecule has 0 saturated carbocycles. The van der Waals surface area contributed by atoms with E-state index in [1.54, 1.807) is 19.9 Å². The highest BCUT2D eigenvalue weighted by atomic mass is 19.4. The van der Waals surface area contributed by atoms with Gasteiger partial charge in [-0.1, -0.05) is 18.2 Å². The summed E-state index contributed by atoms with van der Waals surface area (Å²) < 4.78 is 44.7. The van der Waals surface area contributed by atoms with Crippen LogP contribution in [0.5, 0.6) is 0 Å². The van der Waals surface area contributed by atoms with E-state index in [0.29, 0.717) is 0 Å². The van der Waals surface area contributed by atoms with Crippen molar-refractivity contribution in [2.45, 2.75) is 37.5 Å². The molecule has 4 unspecified atom stereocenters. The van der Waals surface area contributed by atoms with E-state index >= 15 is 0 Å². The second-order valence-corrected chi connectivity index (χ2v) is 6.98. The highest BCUT2D eigenvalue weighted by molar-refractivity contribution is 6.00. The van der Waals surface area contributed by atoms with Gasteiger partial charge in [0, 0.05) is 5.69 Å². The van der Waals surface area contributed by atoms with Gasteiger partial charge in [0.15, 0.2) is 0 Å². The van der Waals surface area contributed by atoms with E-state index in [1.807, 2.05) is 6.08 Å². The molecule has 24 heavy (non-hydrogen) atoms. The number of rotatable bonds is 1. The first kappa shape index (κ1) is 15.7. The van der Waals surface area contributed by atoms with Crippen LogP contribution in [-0.4, -0.2) is 28.4 Å². The fourth-order valence-corrected chi connectivity index (χ4v) is 4.33. The summed E-state index contributed by atoms with van der Waals surface area (Å²) in [5.74, 6) is -1.55. The number of nitrogens with zero attached hydrogens (tertiary/aromatic N) is 1. The Morgan fingerprint density at radius 2 is 1.88 bits per heavy atom. The molecule has 4 rings (SSSR count). The van der Waals surface area contributed by atoms with Crippen LogP contribution in [0.2, 0.25) is 0 Å². The van der Waals surface area contributed by atoms with Crippen molar-refractivity contribution in [3.63, 3.8) is 0 Å². The third kappa shape index (κ3) is 1.85. The van der Waals surface area contributed by atoms with Crippen LogP contribution < -0.4 is 4.90 Å². The zero-order chi connectivity index (χ0) is 17.5. The Hall–Kier alpha value is -1.86. The summed E-state index contributed by atoms with van der Waals surface area (Å²) in [4.78, 5) is 13.9. The molecule has 1 N–H and O–H groups in total. The summed E-state index contributed by atoms with van der Waals surface area (Å²) in [7, 11) is 0. The average molecular weight is 339 g/mol. The standard InChI is InChI=1S/C17H16F3NO3/c1-15-6-7-16(2,24-15)12-11(15)13(22)21(14(12)23)10-5-3-4-9(8-10)17(18,19)20/h3-8,11-13,22H,1-2H3/t11?,12-,13?,15?,16?/m0/s1. The van der Waals surface area contributed by atoms with Gasteiger partial charge in [-0.2, -0.15) is 13.2 Å². The summed E-state index contributed by atoms with van der Waals surface area (Å²) in [5, 5.41) is 10.7. The lowest BCUT2D eigenvalue weighted by Crippen LogP contribution is -2.42. The van der Waals surface area contributed by atoms with Crippen LogP contribution in [0.4, 0.5) is 18.9 Å². The summed E-state index contributed by atoms with van der Waals surface area (Å²) in [6.07, 6.45) is -2.13. The van der Waals surface area contributed by atoms with Crippen LogP contribution in [-0.2, 0) is 15.7 Å². The summed E-state index contributed by atoms with van der Waals surface area (Å²) in [6, 6.07) is 4.47. The Balaban J connectivity index is 1.76. The molecule has 3 aliphatic heterocycles. The molecule has 1 amide bonds. The first-order valence-electron chi connectivity index (χ1n) is 7.66. The van der Waals surface area contributed by atoms with Gasteiger partial charge in [0.05, 0.1) is 28.6 Å². The van der Waals surface area contributed by atoms with Gasteiger partial charge in [-0.15, -0.1) is 0 Å². The minimum absolute atomic E-state index is 0.0447. The molecule has 1 aromatic carbocycles. The second kappa shape index (κ2) is 4.40. The quantitative estimate of drug-likeness (QED) is 0.801. The van der Waals surface area contributed by atoms with Crippen molar-refractivity contribution < 1.29 is 27.8 Å². The molecule has 5 atom stereocenters. The van der Waals surface area contributed by atoms with E-state index in [9.17, 15) is 23.1 Å². The Labute approximate surface area is 136 Å². The molecule has 128 valence electrons. The predicted molar refractivity (Wildman–Crippen MR) is 79.0 cm³/mol. The third-order valence-electron chi connectivity index (χ3n) is 5.36. The van der Waals surface area contributed by atoms with Crippen LogP contribution in [0.3, 0.4) is 0 Å². The van der Waals surface area contributed by atoms with Gasteiger partial charge in [0.1, 0.15) is 6.23 Å². The first-order valence-corrected chi connectivity index (χ1v) is 7.66. The monoisotopic (exact) mass is 339 g/mol. The number of halogens is 3. The molecule has 0 spiro atoms. The maximum Gasteiger partial charge on any atom is 0.416 e. The van der Waals surface area contributed by atoms with Crippen molar-refractivity contribution >= 4 is 11.6 Å². The van der Waals surface area contributed by atoms with Crippen LogP contribution >= 0.6 is 0 Å². The number of alkyl halides is 3. The number of carbonyl (C=O) groups excluding carboxylic acids is 1. The lowest BCUT2D eigenvalue weighted by molar-refractivity contribution is -0.137. The molecule has 0 radical (unpaired) electrons. The Morgan fingerprint density at radius 3 is 2.50 bits per heavy atom. The zero-order valence-corrected chi connectivity index (χ0v) is 13.0. The van der Waals surface area contributed by atoms with E-state index in [1.165, 1.54) is 12.1 Å². The van der Waals surface area contributed by atoms with E-state index in [2.05, 4.69) is 0 Å². The van der Waals surface area contributed by atoms with Crippen LogP contribution in [0.25, 0.3) is 0 Å². The molecule has 0 aliphatic carbocycles. The molecule has 3 heterocycles. The number of amides is 1. The van der Waals surface area contributed by atoms with Crippen LogP contribution in [0.1, 0.15) is 19.4 Å². The molecule has 7 heteroatoms. The minimum atomic E-state index is -4.51. The number of hydrogen-bond donors (Lipinski definition) is 1. The Bertz CT molecular complexity index is 762. The number of aliphatic hydroxyl groups is 1. The lowest BCUT2D eigenvalue weighted by atomic mass is 9.73. The van der Waals surface area contributed by atoms with Gasteiger partial charge < -0.3 is 9.84 Å². The van der Waals surface area contributed by atoms with Crippen LogP contribution in [0, 0.1) is 11.8 Å². The normalized spacial score (nSPS) is 40.5. The van der Waals surface area contributed by atoms with Crippen molar-refractivity contribution in [2.75, 3.05) is 4.90 Å². The van der Waals surface area contributed by atoms with Gasteiger partial charge in [-0.25, -0.2) is 0 Å². The second-order valence-electron chi connectivity index (χ2n) is 6.98. The maximum absolute atomic E-state index is 12.9. The molecule has 2 bridgehead atoms. The van der Waals surface area contributed by atoms with E-state index in [-0.39, 0.29) is 5.69 Å². The van der Waals surface area contributed by atoms with E-state index < -0.39 is 46.9 Å². The van der Waals surface area contributed by atoms with Crippen molar-refractivity contribution in [3.8, 4) is 0 Å². The number of carbonyl (C=O) groups is 1. The van der Waals surface area contributed by atoms with Gasteiger partial charge in [0.2, 0.25) is 5.91 Å². The molecule has 0 aromatic heterocycles. The van der Waals surface area contributed by atoms with Gasteiger partial charge in [0.25, 0.3) is 0 Å². The van der Waals surface area contributed by atoms with Gasteiger partial charge in [-0.05, 0) is 32.0 Å². The molecule has 2 fully saturated rings. The molecule has 1 aromatic rings. The lowest BCUT2D eigenvalue weighted by Gasteiger charge is -2.30. The summed E-state index contributed by atoms with van der Waals surface area (Å²) in [6.45, 7) is 3.55. The molecule has 4 nitrogen and oxygen atoms in total. The highest BCUT2D eigenvalue weighted by Gasteiger charge is 2.70. The van der Waals surface area contributed by atoms with Crippen molar-refractivity contribution in [1.29, 1.82) is 0 Å². The third-order valence-corrected chi connectivity index (χ3v) is 5.36. The molecule has 2 saturated heterocycles.